The van der Waals surface area contributed by atoms with Crippen LogP contribution in [0.5, 0.6) is 0 Å². The molecule has 7 nitrogen and oxygen atoms in total. The van der Waals surface area contributed by atoms with Crippen LogP contribution in [-0.2, 0) is 0 Å². The lowest BCUT2D eigenvalue weighted by molar-refractivity contribution is 0.425. The molecule has 0 atom stereocenters. The topological polar surface area (TPSA) is 111 Å². The summed E-state index contributed by atoms with van der Waals surface area (Å²) >= 11 is 0. The van der Waals surface area contributed by atoms with Gasteiger partial charge in [-0.1, -0.05) is 0 Å². The molecular formula is C8H9BN4O3. The fourth-order valence-corrected chi connectivity index (χ4v) is 1.32. The molecule has 0 fully saturated rings. The fraction of sp³-hybridized carbons (Fsp3) is 0.125. The number of rotatable bonds is 2. The molecule has 0 radical (unpaired) electrons. The second-order valence-corrected chi connectivity index (χ2v) is 3.18. The van der Waals surface area contributed by atoms with Crippen molar-refractivity contribution in [3.05, 3.63) is 22.6 Å². The Hall–Kier alpha value is -1.93. The molecule has 0 unspecified atom stereocenters. The maximum atomic E-state index is 11.4. The van der Waals surface area contributed by atoms with Crippen LogP contribution in [0.4, 0.5) is 5.95 Å². The Morgan fingerprint density at radius 1 is 1.50 bits per heavy atom. The van der Waals surface area contributed by atoms with Crippen LogP contribution in [0.25, 0.3) is 11.0 Å². The van der Waals surface area contributed by atoms with Gasteiger partial charge in [0.25, 0.3) is 0 Å². The van der Waals surface area contributed by atoms with E-state index in [2.05, 4.69) is 20.3 Å². The zero-order chi connectivity index (χ0) is 11.7. The second kappa shape index (κ2) is 3.91. The van der Waals surface area contributed by atoms with Gasteiger partial charge in [-0.05, 0) is 6.07 Å². The van der Waals surface area contributed by atoms with Gasteiger partial charge in [0.2, 0.25) is 11.5 Å². The van der Waals surface area contributed by atoms with Crippen molar-refractivity contribution in [3.8, 4) is 0 Å². The summed E-state index contributed by atoms with van der Waals surface area (Å²) in [5.74, 6) is 0.375. The molecule has 8 heteroatoms. The van der Waals surface area contributed by atoms with Crippen LogP contribution in [0.15, 0.2) is 17.1 Å². The van der Waals surface area contributed by atoms with Gasteiger partial charge in [0.15, 0.2) is 0 Å². The Labute approximate surface area is 90.3 Å². The smallest absolute Gasteiger partial charge is 0.423 e. The van der Waals surface area contributed by atoms with Crippen molar-refractivity contribution in [2.45, 2.75) is 0 Å². The molecule has 0 bridgehead atoms. The number of anilines is 1. The van der Waals surface area contributed by atoms with E-state index >= 15 is 0 Å². The third-order valence-corrected chi connectivity index (χ3v) is 2.12. The molecular weight excluding hydrogens is 211 g/mol. The molecule has 2 heterocycles. The lowest BCUT2D eigenvalue weighted by Gasteiger charge is -2.03. The van der Waals surface area contributed by atoms with E-state index in [4.69, 9.17) is 10.0 Å². The van der Waals surface area contributed by atoms with Crippen LogP contribution in [0, 0.1) is 0 Å². The molecule has 82 valence electrons. The summed E-state index contributed by atoms with van der Waals surface area (Å²) in [7, 11) is -0.150. The minimum absolute atomic E-state index is 0.131. The first-order valence-corrected chi connectivity index (χ1v) is 4.55. The molecule has 0 spiro atoms. The van der Waals surface area contributed by atoms with Gasteiger partial charge < -0.3 is 20.3 Å². The van der Waals surface area contributed by atoms with Crippen LogP contribution in [0.3, 0.4) is 0 Å². The quantitative estimate of drug-likeness (QED) is 0.437. The summed E-state index contributed by atoms with van der Waals surface area (Å²) in [5, 5.41) is 21.2. The molecule has 0 amide bonds. The van der Waals surface area contributed by atoms with Crippen LogP contribution in [0.1, 0.15) is 0 Å². The molecule has 0 aliphatic rings. The fourth-order valence-electron chi connectivity index (χ4n) is 1.32. The predicted molar refractivity (Wildman–Crippen MR) is 59.5 cm³/mol. The molecule has 4 N–H and O–H groups in total. The molecule has 2 aromatic heterocycles. The molecule has 2 aromatic rings. The summed E-state index contributed by atoms with van der Waals surface area (Å²) < 4.78 is 0. The van der Waals surface area contributed by atoms with Crippen molar-refractivity contribution >= 4 is 29.6 Å². The van der Waals surface area contributed by atoms with Gasteiger partial charge in [-0.25, -0.2) is 4.98 Å². The molecule has 0 aliphatic heterocycles. The number of H-pyrrole nitrogens is 1. The average molecular weight is 220 g/mol. The van der Waals surface area contributed by atoms with E-state index in [0.29, 0.717) is 17.0 Å². The predicted octanol–water partition coefficient (Wildman–Crippen LogP) is -1.96. The first-order chi connectivity index (χ1) is 7.61. The van der Waals surface area contributed by atoms with Crippen LogP contribution in [-0.4, -0.2) is 39.2 Å². The van der Waals surface area contributed by atoms with Gasteiger partial charge in [0, 0.05) is 24.1 Å². The number of pyridine rings is 1. The van der Waals surface area contributed by atoms with E-state index in [1.54, 1.807) is 7.05 Å². The summed E-state index contributed by atoms with van der Waals surface area (Å²) in [6.07, 6.45) is 1.48. The van der Waals surface area contributed by atoms with E-state index in [-0.39, 0.29) is 5.46 Å². The Balaban J connectivity index is 2.69. The molecule has 0 saturated heterocycles. The van der Waals surface area contributed by atoms with Crippen LogP contribution in [0.2, 0.25) is 0 Å². The van der Waals surface area contributed by atoms with E-state index in [1.165, 1.54) is 12.3 Å². The van der Waals surface area contributed by atoms with Crippen molar-refractivity contribution in [1.29, 1.82) is 0 Å². The first kappa shape index (κ1) is 10.6. The minimum atomic E-state index is -1.81. The monoisotopic (exact) mass is 220 g/mol. The van der Waals surface area contributed by atoms with Gasteiger partial charge in [-0.2, -0.15) is 4.98 Å². The Morgan fingerprint density at radius 3 is 2.88 bits per heavy atom. The number of nitrogens with zero attached hydrogens (tertiary/aromatic N) is 2. The van der Waals surface area contributed by atoms with Crippen molar-refractivity contribution in [1.82, 2.24) is 15.0 Å². The average Bonchev–Trinajstić information content (AvgIpc) is 2.27. The lowest BCUT2D eigenvalue weighted by atomic mass is 9.81. The largest absolute Gasteiger partial charge is 0.494 e. The standard InChI is InChI=1S/C8H9BN4O3/c1-10-8-11-3-4-2-5(9(15)16)7(14)12-6(4)13-8/h2-3,15-16H,1H3,(H2,10,11,12,13,14). The first-order valence-electron chi connectivity index (χ1n) is 4.55. The van der Waals surface area contributed by atoms with Crippen molar-refractivity contribution < 1.29 is 10.0 Å². The highest BCUT2D eigenvalue weighted by atomic mass is 16.4. The Morgan fingerprint density at radius 2 is 2.25 bits per heavy atom. The van der Waals surface area contributed by atoms with Gasteiger partial charge in [-0.3, -0.25) is 4.79 Å². The molecule has 0 aromatic carbocycles. The summed E-state index contributed by atoms with van der Waals surface area (Å²) in [6.45, 7) is 0. The van der Waals surface area contributed by atoms with E-state index < -0.39 is 12.7 Å². The van der Waals surface area contributed by atoms with Crippen LogP contribution >= 0.6 is 0 Å². The number of hydrogen-bond acceptors (Lipinski definition) is 6. The van der Waals surface area contributed by atoms with Crippen LogP contribution < -0.4 is 16.3 Å². The highest BCUT2D eigenvalue weighted by molar-refractivity contribution is 6.58. The number of nitrogens with one attached hydrogen (secondary N) is 2. The van der Waals surface area contributed by atoms with Crippen molar-refractivity contribution in [2.24, 2.45) is 0 Å². The van der Waals surface area contributed by atoms with Gasteiger partial charge in [0.05, 0.1) is 0 Å². The highest BCUT2D eigenvalue weighted by Crippen LogP contribution is 2.06. The normalized spacial score (nSPS) is 10.4. The second-order valence-electron chi connectivity index (χ2n) is 3.18. The number of aromatic amines is 1. The van der Waals surface area contributed by atoms with Gasteiger partial charge >= 0.3 is 7.12 Å². The number of aromatic nitrogens is 3. The van der Waals surface area contributed by atoms with Gasteiger partial charge in [0.1, 0.15) is 5.65 Å². The SMILES string of the molecule is CNc1ncc2cc(B(O)O)c(=O)[nH]c2n1. The zero-order valence-electron chi connectivity index (χ0n) is 8.43. The van der Waals surface area contributed by atoms with E-state index in [9.17, 15) is 4.79 Å². The maximum Gasteiger partial charge on any atom is 0.494 e. The Bertz CT molecular complexity index is 583. The maximum absolute atomic E-state index is 11.4. The van der Waals surface area contributed by atoms with Crippen molar-refractivity contribution in [3.63, 3.8) is 0 Å². The summed E-state index contributed by atoms with van der Waals surface area (Å²) in [4.78, 5) is 21.8. The molecule has 2 rings (SSSR count). The van der Waals surface area contributed by atoms with E-state index in [0.717, 1.165) is 0 Å². The Kier molecular flexibility index (Phi) is 2.59. The highest BCUT2D eigenvalue weighted by Gasteiger charge is 2.16. The van der Waals surface area contributed by atoms with Crippen molar-refractivity contribution in [2.75, 3.05) is 12.4 Å². The third kappa shape index (κ3) is 1.75. The third-order valence-electron chi connectivity index (χ3n) is 2.12. The molecule has 0 saturated carbocycles. The van der Waals surface area contributed by atoms with E-state index in [1.807, 2.05) is 0 Å². The number of fused-ring (bicyclic) bond motifs is 1. The summed E-state index contributed by atoms with van der Waals surface area (Å²) in [5.41, 5.74) is -0.370. The zero-order valence-corrected chi connectivity index (χ0v) is 8.43. The number of hydrogen-bond donors (Lipinski definition) is 4. The molecule has 0 aliphatic carbocycles. The van der Waals surface area contributed by atoms with Gasteiger partial charge in [-0.15, -0.1) is 0 Å². The lowest BCUT2D eigenvalue weighted by Crippen LogP contribution is -2.42. The summed E-state index contributed by atoms with van der Waals surface area (Å²) in [6, 6.07) is 1.35. The minimum Gasteiger partial charge on any atom is -0.423 e. The molecule has 16 heavy (non-hydrogen) atoms.